The minimum Gasteiger partial charge on any atom is -0.442 e. The zero-order chi connectivity index (χ0) is 16.4. The summed E-state index contributed by atoms with van der Waals surface area (Å²) in [7, 11) is 0. The van der Waals surface area contributed by atoms with E-state index in [9.17, 15) is 14.4 Å². The topological polar surface area (TPSA) is 75.7 Å². The van der Waals surface area contributed by atoms with Gasteiger partial charge in [-0.2, -0.15) is 11.8 Å². The van der Waals surface area contributed by atoms with Crippen LogP contribution in [0.2, 0.25) is 0 Å². The highest BCUT2D eigenvalue weighted by atomic mass is 32.2. The lowest BCUT2D eigenvalue weighted by Crippen LogP contribution is -2.33. The molecule has 1 unspecified atom stereocenters. The molecule has 0 aromatic heterocycles. The number of ketones is 1. The van der Waals surface area contributed by atoms with Crippen LogP contribution in [0.15, 0.2) is 18.2 Å². The number of nitrogens with one attached hydrogen (secondary N) is 1. The Labute approximate surface area is 138 Å². The van der Waals surface area contributed by atoms with Gasteiger partial charge in [-0.1, -0.05) is 0 Å². The van der Waals surface area contributed by atoms with Gasteiger partial charge in [-0.25, -0.2) is 4.79 Å². The molecule has 1 aromatic rings. The summed E-state index contributed by atoms with van der Waals surface area (Å²) < 4.78 is 5.27. The van der Waals surface area contributed by atoms with E-state index < -0.39 is 6.09 Å². The van der Waals surface area contributed by atoms with E-state index in [4.69, 9.17) is 4.74 Å². The maximum atomic E-state index is 12.0. The van der Waals surface area contributed by atoms with Crippen LogP contribution in [0.1, 0.15) is 29.3 Å². The van der Waals surface area contributed by atoms with Gasteiger partial charge in [0.05, 0.1) is 13.1 Å². The molecule has 1 N–H and O–H groups in total. The fourth-order valence-corrected chi connectivity index (χ4v) is 3.65. The van der Waals surface area contributed by atoms with Crippen LogP contribution in [0, 0.1) is 0 Å². The first-order valence-corrected chi connectivity index (χ1v) is 8.66. The van der Waals surface area contributed by atoms with Crippen LogP contribution in [-0.4, -0.2) is 42.7 Å². The van der Waals surface area contributed by atoms with Crippen LogP contribution in [0.5, 0.6) is 0 Å². The maximum absolute atomic E-state index is 12.0. The van der Waals surface area contributed by atoms with Gasteiger partial charge in [0.15, 0.2) is 5.78 Å². The van der Waals surface area contributed by atoms with E-state index in [0.29, 0.717) is 19.5 Å². The van der Waals surface area contributed by atoms with E-state index in [1.807, 2.05) is 6.07 Å². The maximum Gasteiger partial charge on any atom is 0.414 e. The second kappa shape index (κ2) is 6.62. The van der Waals surface area contributed by atoms with Crippen LogP contribution < -0.4 is 10.2 Å². The molecule has 0 radical (unpaired) electrons. The van der Waals surface area contributed by atoms with Crippen LogP contribution in [0.25, 0.3) is 0 Å². The predicted octanol–water partition coefficient (Wildman–Crippen LogP) is 1.97. The molecule has 3 rings (SSSR count). The molecule has 0 aliphatic carbocycles. The van der Waals surface area contributed by atoms with E-state index >= 15 is 0 Å². The van der Waals surface area contributed by atoms with E-state index in [-0.39, 0.29) is 17.8 Å². The molecule has 0 bridgehead atoms. The van der Waals surface area contributed by atoms with Gasteiger partial charge in [0.1, 0.15) is 6.10 Å². The number of anilines is 1. The van der Waals surface area contributed by atoms with Crippen molar-refractivity contribution in [2.75, 3.05) is 23.7 Å². The molecule has 2 heterocycles. The van der Waals surface area contributed by atoms with Gasteiger partial charge in [0, 0.05) is 36.1 Å². The van der Waals surface area contributed by atoms with Crippen molar-refractivity contribution in [3.63, 3.8) is 0 Å². The summed E-state index contributed by atoms with van der Waals surface area (Å²) in [5.41, 5.74) is 2.45. The number of carbonyl (C=O) groups excluding carboxylic acids is 3. The Morgan fingerprint density at radius 1 is 1.43 bits per heavy atom. The first-order chi connectivity index (χ1) is 11.0. The van der Waals surface area contributed by atoms with Crippen molar-refractivity contribution >= 4 is 35.2 Å². The van der Waals surface area contributed by atoms with Gasteiger partial charge in [-0.05, 0) is 23.8 Å². The molecule has 2 aliphatic rings. The van der Waals surface area contributed by atoms with E-state index in [1.54, 1.807) is 28.8 Å². The SMILES string of the molecule is CC(=O)NCC1CN(c2ccc3c(c2)CSCCC3=O)C(=O)O1. The number of amides is 2. The summed E-state index contributed by atoms with van der Waals surface area (Å²) in [4.78, 5) is 36.6. The smallest absolute Gasteiger partial charge is 0.414 e. The number of benzene rings is 1. The molecule has 122 valence electrons. The molecule has 1 saturated heterocycles. The van der Waals surface area contributed by atoms with Gasteiger partial charge >= 0.3 is 6.09 Å². The number of hydrogen-bond donors (Lipinski definition) is 1. The Morgan fingerprint density at radius 3 is 3.04 bits per heavy atom. The van der Waals surface area contributed by atoms with Gasteiger partial charge in [0.25, 0.3) is 0 Å². The number of cyclic esters (lactones) is 1. The first kappa shape index (κ1) is 15.9. The lowest BCUT2D eigenvalue weighted by molar-refractivity contribution is -0.119. The zero-order valence-electron chi connectivity index (χ0n) is 12.8. The summed E-state index contributed by atoms with van der Waals surface area (Å²) in [6.07, 6.45) is -0.226. The van der Waals surface area contributed by atoms with Crippen molar-refractivity contribution in [1.82, 2.24) is 5.32 Å². The minimum absolute atomic E-state index is 0.153. The number of fused-ring (bicyclic) bond motifs is 1. The number of rotatable bonds is 3. The van der Waals surface area contributed by atoms with Crippen molar-refractivity contribution in [3.8, 4) is 0 Å². The molecule has 1 fully saturated rings. The molecule has 7 heteroatoms. The van der Waals surface area contributed by atoms with E-state index in [2.05, 4.69) is 5.32 Å². The predicted molar refractivity (Wildman–Crippen MR) is 87.9 cm³/mol. The number of thioether (sulfide) groups is 1. The van der Waals surface area contributed by atoms with Crippen LogP contribution in [0.3, 0.4) is 0 Å². The second-order valence-corrected chi connectivity index (χ2v) is 6.73. The minimum atomic E-state index is -0.423. The zero-order valence-corrected chi connectivity index (χ0v) is 13.6. The standard InChI is InChI=1S/C16H18N2O4S/c1-10(19)17-7-13-8-18(16(21)22-13)12-2-3-14-11(6-12)9-23-5-4-15(14)20/h2-3,6,13H,4-5,7-9H2,1H3,(H,17,19). The highest BCUT2D eigenvalue weighted by molar-refractivity contribution is 7.98. The van der Waals surface area contributed by atoms with Gasteiger partial charge < -0.3 is 10.1 Å². The third-order valence-electron chi connectivity index (χ3n) is 3.88. The summed E-state index contributed by atoms with van der Waals surface area (Å²) in [5, 5.41) is 2.65. The summed E-state index contributed by atoms with van der Waals surface area (Å²) >= 11 is 1.72. The molecular formula is C16H18N2O4S. The average molecular weight is 334 g/mol. The summed E-state index contributed by atoms with van der Waals surface area (Å²) in [6.45, 7) is 2.12. The third-order valence-corrected chi connectivity index (χ3v) is 4.89. The summed E-state index contributed by atoms with van der Waals surface area (Å²) in [6, 6.07) is 5.48. The van der Waals surface area contributed by atoms with E-state index in [0.717, 1.165) is 28.3 Å². The van der Waals surface area contributed by atoms with Crippen LogP contribution in [0.4, 0.5) is 10.5 Å². The largest absolute Gasteiger partial charge is 0.442 e. The Hall–Kier alpha value is -2.02. The van der Waals surface area contributed by atoms with Gasteiger partial charge in [-0.15, -0.1) is 0 Å². The molecule has 1 atom stereocenters. The molecule has 1 aromatic carbocycles. The van der Waals surface area contributed by atoms with Gasteiger partial charge in [-0.3, -0.25) is 14.5 Å². The highest BCUT2D eigenvalue weighted by Crippen LogP contribution is 2.29. The first-order valence-electron chi connectivity index (χ1n) is 7.51. The van der Waals surface area contributed by atoms with Crippen molar-refractivity contribution < 1.29 is 19.1 Å². The number of carbonyl (C=O) groups is 3. The molecular weight excluding hydrogens is 316 g/mol. The molecule has 0 saturated carbocycles. The number of Topliss-reactive ketones (excluding diaryl/α,β-unsaturated/α-hetero) is 1. The lowest BCUT2D eigenvalue weighted by Gasteiger charge is -2.15. The van der Waals surface area contributed by atoms with Crippen LogP contribution >= 0.6 is 11.8 Å². The van der Waals surface area contributed by atoms with Crippen molar-refractivity contribution in [1.29, 1.82) is 0 Å². The number of ether oxygens (including phenoxy) is 1. The Kier molecular flexibility index (Phi) is 4.56. The third kappa shape index (κ3) is 3.50. The number of nitrogens with zero attached hydrogens (tertiary/aromatic N) is 1. The molecule has 23 heavy (non-hydrogen) atoms. The fourth-order valence-electron chi connectivity index (χ4n) is 2.72. The normalized spacial score (nSPS) is 20.7. The van der Waals surface area contributed by atoms with E-state index in [1.165, 1.54) is 6.92 Å². The summed E-state index contributed by atoms with van der Waals surface area (Å²) in [5.74, 6) is 1.60. The second-order valence-electron chi connectivity index (χ2n) is 5.62. The molecule has 2 amide bonds. The molecule has 2 aliphatic heterocycles. The molecule has 6 nitrogen and oxygen atoms in total. The fraction of sp³-hybridized carbons (Fsp3) is 0.438. The van der Waals surface area contributed by atoms with Gasteiger partial charge in [0.2, 0.25) is 5.91 Å². The average Bonchev–Trinajstić information content (AvgIpc) is 2.79. The van der Waals surface area contributed by atoms with Crippen molar-refractivity contribution in [2.24, 2.45) is 0 Å². The van der Waals surface area contributed by atoms with Crippen molar-refractivity contribution in [3.05, 3.63) is 29.3 Å². The Morgan fingerprint density at radius 2 is 2.26 bits per heavy atom. The Bertz CT molecular complexity index is 661. The Balaban J connectivity index is 1.77. The monoisotopic (exact) mass is 334 g/mol. The highest BCUT2D eigenvalue weighted by Gasteiger charge is 2.32. The van der Waals surface area contributed by atoms with Crippen molar-refractivity contribution in [2.45, 2.75) is 25.2 Å². The quantitative estimate of drug-likeness (QED) is 0.914. The van der Waals surface area contributed by atoms with Crippen LogP contribution in [-0.2, 0) is 15.3 Å². The lowest BCUT2D eigenvalue weighted by atomic mass is 10.0. The number of hydrogen-bond acceptors (Lipinski definition) is 5. The molecule has 0 spiro atoms.